The summed E-state index contributed by atoms with van der Waals surface area (Å²) in [6.07, 6.45) is 2.05. The highest BCUT2D eigenvalue weighted by Crippen LogP contribution is 2.07. The first-order valence-corrected chi connectivity index (χ1v) is 5.53. The summed E-state index contributed by atoms with van der Waals surface area (Å²) in [5.41, 5.74) is 0. The van der Waals surface area contributed by atoms with Crippen LogP contribution in [0.25, 0.3) is 0 Å². The van der Waals surface area contributed by atoms with Crippen molar-refractivity contribution in [2.24, 2.45) is 0 Å². The van der Waals surface area contributed by atoms with E-state index in [2.05, 4.69) is 9.97 Å². The molecule has 6 nitrogen and oxygen atoms in total. The highest BCUT2D eigenvalue weighted by Gasteiger charge is 2.22. The van der Waals surface area contributed by atoms with E-state index in [9.17, 15) is 8.42 Å². The molecule has 0 saturated carbocycles. The lowest BCUT2D eigenvalue weighted by Crippen LogP contribution is -2.25. The number of sulfone groups is 1. The molecule has 1 aromatic rings. The van der Waals surface area contributed by atoms with Crippen LogP contribution in [-0.2, 0) is 19.3 Å². The molecule has 0 aliphatic rings. The van der Waals surface area contributed by atoms with Crippen molar-refractivity contribution in [3.05, 3.63) is 12.4 Å². The van der Waals surface area contributed by atoms with Gasteiger partial charge in [0, 0.05) is 26.6 Å². The van der Waals surface area contributed by atoms with Crippen LogP contribution in [0.2, 0.25) is 0 Å². The van der Waals surface area contributed by atoms with E-state index in [1.165, 1.54) is 26.6 Å². The molecule has 0 aliphatic heterocycles. The number of imidazole rings is 1. The molecule has 14 heavy (non-hydrogen) atoms. The predicted octanol–water partition coefficient (Wildman–Crippen LogP) is -0.198. The van der Waals surface area contributed by atoms with Crippen LogP contribution in [0.4, 0.5) is 0 Å². The molecule has 0 saturated heterocycles. The second-order valence-electron chi connectivity index (χ2n) is 2.58. The fraction of sp³-hybridized carbons (Fsp3) is 0.571. The van der Waals surface area contributed by atoms with Crippen LogP contribution in [0.1, 0.15) is 0 Å². The summed E-state index contributed by atoms with van der Waals surface area (Å²) in [4.78, 5) is 6.18. The Kier molecular flexibility index (Phi) is 3.62. The molecule has 80 valence electrons. The molecule has 1 aromatic heterocycles. The Morgan fingerprint density at radius 1 is 1.50 bits per heavy atom. The molecule has 0 amide bonds. The zero-order valence-electron chi connectivity index (χ0n) is 7.93. The average molecular weight is 220 g/mol. The largest absolute Gasteiger partial charge is 0.355 e. The summed E-state index contributed by atoms with van der Waals surface area (Å²) in [6.45, 7) is 0. The quantitative estimate of drug-likeness (QED) is 0.695. The van der Waals surface area contributed by atoms with Crippen molar-refractivity contribution in [1.29, 1.82) is 0 Å². The predicted molar refractivity (Wildman–Crippen MR) is 48.4 cm³/mol. The summed E-state index contributed by atoms with van der Waals surface area (Å²) >= 11 is 0. The van der Waals surface area contributed by atoms with Gasteiger partial charge in [-0.1, -0.05) is 0 Å². The normalized spacial score (nSPS) is 12.2. The lowest BCUT2D eigenvalue weighted by molar-refractivity contribution is -0.0852. The maximum absolute atomic E-state index is 11.6. The minimum absolute atomic E-state index is 0.0726. The van der Waals surface area contributed by atoms with E-state index in [0.717, 1.165) is 0 Å². The smallest absolute Gasteiger partial charge is 0.225 e. The Hall–Kier alpha value is -0.920. The number of ether oxygens (including phenoxy) is 2. The third-order valence-corrected chi connectivity index (χ3v) is 3.17. The molecule has 0 radical (unpaired) electrons. The number of rotatable bonds is 5. The van der Waals surface area contributed by atoms with Crippen LogP contribution in [-0.4, -0.2) is 44.6 Å². The van der Waals surface area contributed by atoms with Gasteiger partial charge in [0.2, 0.25) is 15.0 Å². The van der Waals surface area contributed by atoms with Crippen molar-refractivity contribution in [1.82, 2.24) is 9.97 Å². The van der Waals surface area contributed by atoms with E-state index in [1.807, 2.05) is 0 Å². The average Bonchev–Trinajstić information content (AvgIpc) is 2.67. The maximum Gasteiger partial charge on any atom is 0.225 e. The Labute approximate surface area is 82.2 Å². The molecule has 0 atom stereocenters. The van der Waals surface area contributed by atoms with E-state index in [-0.39, 0.29) is 10.9 Å². The lowest BCUT2D eigenvalue weighted by atomic mass is 10.7. The van der Waals surface area contributed by atoms with Crippen LogP contribution in [0, 0.1) is 0 Å². The highest BCUT2D eigenvalue weighted by molar-refractivity contribution is 7.91. The third kappa shape index (κ3) is 2.53. The van der Waals surface area contributed by atoms with Crippen LogP contribution >= 0.6 is 0 Å². The first kappa shape index (κ1) is 11.2. The molecule has 0 aromatic carbocycles. The van der Waals surface area contributed by atoms with Crippen LogP contribution in [0.5, 0.6) is 0 Å². The second kappa shape index (κ2) is 4.54. The Morgan fingerprint density at radius 3 is 2.57 bits per heavy atom. The van der Waals surface area contributed by atoms with E-state index < -0.39 is 16.1 Å². The molecule has 0 fully saturated rings. The number of hydrogen-bond acceptors (Lipinski definition) is 5. The van der Waals surface area contributed by atoms with Gasteiger partial charge < -0.3 is 14.5 Å². The number of nitrogens with zero attached hydrogens (tertiary/aromatic N) is 1. The van der Waals surface area contributed by atoms with Crippen molar-refractivity contribution in [2.45, 2.75) is 11.4 Å². The number of aromatic nitrogens is 2. The minimum Gasteiger partial charge on any atom is -0.355 e. The van der Waals surface area contributed by atoms with Crippen molar-refractivity contribution >= 4 is 9.84 Å². The maximum atomic E-state index is 11.6. The van der Waals surface area contributed by atoms with Gasteiger partial charge in [0.25, 0.3) is 0 Å². The Morgan fingerprint density at radius 2 is 2.14 bits per heavy atom. The first-order valence-electron chi connectivity index (χ1n) is 3.88. The number of nitrogens with one attached hydrogen (secondary N) is 1. The fourth-order valence-corrected chi connectivity index (χ4v) is 2.17. The molecule has 1 rings (SSSR count). The van der Waals surface area contributed by atoms with Gasteiger partial charge in [-0.05, 0) is 0 Å². The molecule has 0 spiro atoms. The fourth-order valence-electron chi connectivity index (χ4n) is 0.911. The molecule has 1 heterocycles. The van der Waals surface area contributed by atoms with Crippen LogP contribution in [0.15, 0.2) is 17.6 Å². The zero-order chi connectivity index (χ0) is 10.6. The molecule has 7 heteroatoms. The summed E-state index contributed by atoms with van der Waals surface area (Å²) in [6, 6.07) is 0. The van der Waals surface area contributed by atoms with E-state index in [0.29, 0.717) is 0 Å². The molecule has 0 bridgehead atoms. The van der Waals surface area contributed by atoms with Crippen LogP contribution in [0.3, 0.4) is 0 Å². The third-order valence-electron chi connectivity index (χ3n) is 1.65. The van der Waals surface area contributed by atoms with E-state index >= 15 is 0 Å². The van der Waals surface area contributed by atoms with Gasteiger partial charge in [0.05, 0.1) is 0 Å². The van der Waals surface area contributed by atoms with Gasteiger partial charge in [-0.3, -0.25) is 0 Å². The van der Waals surface area contributed by atoms with Gasteiger partial charge in [-0.25, -0.2) is 13.4 Å². The van der Waals surface area contributed by atoms with E-state index in [1.54, 1.807) is 0 Å². The van der Waals surface area contributed by atoms with Gasteiger partial charge in [-0.2, -0.15) is 0 Å². The number of aromatic amines is 1. The second-order valence-corrected chi connectivity index (χ2v) is 4.53. The molecule has 0 aliphatic carbocycles. The number of methoxy groups -OCH3 is 2. The number of H-pyrrole nitrogens is 1. The zero-order valence-corrected chi connectivity index (χ0v) is 8.74. The SMILES string of the molecule is COC(CS(=O)(=O)c1ncc[nH]1)OC. The summed E-state index contributed by atoms with van der Waals surface area (Å²) in [7, 11) is -0.695. The summed E-state index contributed by atoms with van der Waals surface area (Å²) in [5, 5.41) is -0.0726. The van der Waals surface area contributed by atoms with Gasteiger partial charge in [0.15, 0.2) is 6.29 Å². The monoisotopic (exact) mass is 220 g/mol. The topological polar surface area (TPSA) is 81.3 Å². The minimum atomic E-state index is -3.46. The van der Waals surface area contributed by atoms with Crippen LogP contribution < -0.4 is 0 Å². The van der Waals surface area contributed by atoms with Crippen molar-refractivity contribution in [3.8, 4) is 0 Å². The molecular formula is C7H12N2O4S. The van der Waals surface area contributed by atoms with Gasteiger partial charge in [-0.15, -0.1) is 0 Å². The Bertz CT molecular complexity index is 355. The number of hydrogen-bond donors (Lipinski definition) is 1. The summed E-state index contributed by atoms with van der Waals surface area (Å²) in [5.74, 6) is -0.256. The van der Waals surface area contributed by atoms with Gasteiger partial charge in [0.1, 0.15) is 5.75 Å². The van der Waals surface area contributed by atoms with E-state index in [4.69, 9.17) is 9.47 Å². The van der Waals surface area contributed by atoms with Crippen molar-refractivity contribution in [2.75, 3.05) is 20.0 Å². The Balaban J connectivity index is 2.77. The molecule has 0 unspecified atom stereocenters. The lowest BCUT2D eigenvalue weighted by Gasteiger charge is -2.11. The highest BCUT2D eigenvalue weighted by atomic mass is 32.2. The summed E-state index contributed by atoms with van der Waals surface area (Å²) < 4.78 is 32.7. The van der Waals surface area contributed by atoms with Gasteiger partial charge >= 0.3 is 0 Å². The van der Waals surface area contributed by atoms with Crippen molar-refractivity contribution in [3.63, 3.8) is 0 Å². The standard InChI is InChI=1S/C7H12N2O4S/c1-12-6(13-2)5-14(10,11)7-8-3-4-9-7/h3-4,6H,5H2,1-2H3,(H,8,9). The molecule has 1 N–H and O–H groups in total. The first-order chi connectivity index (χ1) is 6.60. The van der Waals surface area contributed by atoms with Crippen molar-refractivity contribution < 1.29 is 17.9 Å². The molecular weight excluding hydrogens is 208 g/mol.